The average Bonchev–Trinajstić information content (AvgIpc) is 1.93. The van der Waals surface area contributed by atoms with Crippen molar-refractivity contribution in [3.05, 3.63) is 0 Å². The Morgan fingerprint density at radius 1 is 1.58 bits per heavy atom. The van der Waals surface area contributed by atoms with Crippen LogP contribution in [0.4, 0.5) is 0 Å². The zero-order valence-electron chi connectivity index (χ0n) is 6.45. The Hall–Kier alpha value is -0.0900. The van der Waals surface area contributed by atoms with Crippen molar-refractivity contribution in [3.8, 4) is 0 Å². The van der Waals surface area contributed by atoms with Crippen LogP contribution in [-0.4, -0.2) is 25.2 Å². The van der Waals surface area contributed by atoms with E-state index in [1.54, 1.807) is 0 Å². The van der Waals surface area contributed by atoms with Crippen LogP contribution in [0, 0.1) is 0 Å². The first-order valence-corrected chi connectivity index (χ1v) is 5.80. The van der Waals surface area contributed by atoms with E-state index in [1.807, 2.05) is 0 Å². The van der Waals surface area contributed by atoms with Gasteiger partial charge in [-0.1, -0.05) is 0 Å². The first-order valence-electron chi connectivity index (χ1n) is 3.35. The van der Waals surface area contributed by atoms with E-state index in [4.69, 9.17) is 11.2 Å². The average molecular weight is 214 g/mol. The van der Waals surface area contributed by atoms with Gasteiger partial charge < -0.3 is 5.32 Å². The molecule has 1 aliphatic heterocycles. The van der Waals surface area contributed by atoms with E-state index in [0.29, 0.717) is 0 Å². The van der Waals surface area contributed by atoms with E-state index in [9.17, 15) is 9.36 Å². The summed E-state index contributed by atoms with van der Waals surface area (Å²) in [4.78, 5) is 10.5. The number of rotatable bonds is 1. The number of amides is 1. The molecular weight excluding hydrogens is 204 g/mol. The summed E-state index contributed by atoms with van der Waals surface area (Å²) >= 11 is 5.27. The van der Waals surface area contributed by atoms with Gasteiger partial charge in [-0.3, -0.25) is 13.8 Å². The molecule has 0 aromatic carbocycles. The minimum atomic E-state index is -3.35. The smallest absolute Gasteiger partial charge is 0.349 e. The summed E-state index contributed by atoms with van der Waals surface area (Å²) in [5.41, 5.74) is 0. The molecule has 12 heavy (non-hydrogen) atoms. The van der Waals surface area contributed by atoms with Crippen molar-refractivity contribution in [3.63, 3.8) is 0 Å². The molecular formula is C5H9ClNO4P. The van der Waals surface area contributed by atoms with Gasteiger partial charge in [0, 0.05) is 18.2 Å². The summed E-state index contributed by atoms with van der Waals surface area (Å²) in [6, 6.07) is -0.261. The van der Waals surface area contributed by atoms with Crippen molar-refractivity contribution in [2.45, 2.75) is 13.0 Å². The molecule has 1 heterocycles. The van der Waals surface area contributed by atoms with Crippen molar-refractivity contribution in [1.82, 2.24) is 5.32 Å². The number of halogens is 1. The Labute approximate surface area is 74.7 Å². The molecule has 1 saturated heterocycles. The van der Waals surface area contributed by atoms with Gasteiger partial charge in [-0.15, -0.1) is 0 Å². The summed E-state index contributed by atoms with van der Waals surface area (Å²) in [5, 5.41) is 2.55. The van der Waals surface area contributed by atoms with Crippen molar-refractivity contribution >= 4 is 24.1 Å². The van der Waals surface area contributed by atoms with E-state index >= 15 is 0 Å². The lowest BCUT2D eigenvalue weighted by molar-refractivity contribution is -0.120. The van der Waals surface area contributed by atoms with Crippen molar-refractivity contribution in [1.29, 1.82) is 0 Å². The molecule has 7 heteroatoms. The predicted octanol–water partition coefficient (Wildman–Crippen LogP) is 0.885. The number of hydrogen-bond acceptors (Lipinski definition) is 4. The maximum atomic E-state index is 10.9. The van der Waals surface area contributed by atoms with Gasteiger partial charge in [-0.2, -0.15) is 0 Å². The molecule has 0 saturated carbocycles. The molecule has 0 aromatic heterocycles. The highest BCUT2D eigenvalue weighted by Gasteiger charge is 2.30. The van der Waals surface area contributed by atoms with Crippen LogP contribution in [0.5, 0.6) is 0 Å². The Morgan fingerprint density at radius 2 is 2.08 bits per heavy atom. The van der Waals surface area contributed by atoms with Crippen LogP contribution in [0.1, 0.15) is 6.92 Å². The Kier molecular flexibility index (Phi) is 3.12. The van der Waals surface area contributed by atoms with Crippen LogP contribution < -0.4 is 5.32 Å². The number of carbonyl (C=O) groups excluding carboxylic acids is 1. The lowest BCUT2D eigenvalue weighted by Gasteiger charge is -2.25. The van der Waals surface area contributed by atoms with Crippen LogP contribution in [-0.2, 0) is 18.4 Å². The van der Waals surface area contributed by atoms with Gasteiger partial charge in [-0.25, -0.2) is 4.57 Å². The monoisotopic (exact) mass is 213 g/mol. The largest absolute Gasteiger partial charge is 0.424 e. The van der Waals surface area contributed by atoms with Gasteiger partial charge in [0.15, 0.2) is 0 Å². The zero-order valence-corrected chi connectivity index (χ0v) is 8.10. The van der Waals surface area contributed by atoms with E-state index in [-0.39, 0.29) is 25.2 Å². The normalized spacial score (nSPS) is 36.0. The Morgan fingerprint density at radius 3 is 2.50 bits per heavy atom. The molecule has 5 nitrogen and oxygen atoms in total. The second-order valence-corrected chi connectivity index (χ2v) is 5.04. The third kappa shape index (κ3) is 3.11. The quantitative estimate of drug-likeness (QED) is 0.657. The van der Waals surface area contributed by atoms with Crippen LogP contribution >= 0.6 is 18.2 Å². The van der Waals surface area contributed by atoms with Gasteiger partial charge in [0.2, 0.25) is 5.91 Å². The molecule has 0 aliphatic carbocycles. The molecule has 70 valence electrons. The summed E-state index contributed by atoms with van der Waals surface area (Å²) in [6.45, 7) is -1.71. The van der Waals surface area contributed by atoms with Gasteiger partial charge in [0.05, 0.1) is 19.3 Å². The predicted molar refractivity (Wildman–Crippen MR) is 43.0 cm³/mol. The third-order valence-electron chi connectivity index (χ3n) is 1.27. The topological polar surface area (TPSA) is 64.6 Å². The van der Waals surface area contributed by atoms with Crippen molar-refractivity contribution in [2.24, 2.45) is 0 Å². The van der Waals surface area contributed by atoms with Gasteiger partial charge >= 0.3 is 6.95 Å². The Balaban J connectivity index is 2.36. The lowest BCUT2D eigenvalue weighted by atomic mass is 10.3. The molecule has 1 fully saturated rings. The van der Waals surface area contributed by atoms with E-state index in [1.165, 1.54) is 6.92 Å². The second-order valence-electron chi connectivity index (χ2n) is 2.42. The van der Waals surface area contributed by atoms with Crippen LogP contribution in [0.3, 0.4) is 0 Å². The first kappa shape index (κ1) is 9.99. The molecule has 1 aliphatic rings. The van der Waals surface area contributed by atoms with Crippen LogP contribution in [0.15, 0.2) is 0 Å². The fourth-order valence-corrected chi connectivity index (χ4v) is 1.94. The maximum absolute atomic E-state index is 10.9. The number of nitrogens with one attached hydrogen (secondary N) is 1. The standard InChI is InChI=1S/C5H9ClNO4P/c1-4(8)7-5-2-10-12(6,9)11-3-5/h5H,2-3H2,1H3,(H,7,8). The lowest BCUT2D eigenvalue weighted by Crippen LogP contribution is -2.41. The summed E-state index contributed by atoms with van der Waals surface area (Å²) in [5.74, 6) is -0.182. The highest BCUT2D eigenvalue weighted by atomic mass is 35.7. The number of hydrogen-bond donors (Lipinski definition) is 1. The van der Waals surface area contributed by atoms with Crippen LogP contribution in [0.25, 0.3) is 0 Å². The third-order valence-corrected chi connectivity index (χ3v) is 2.77. The molecule has 0 radical (unpaired) electrons. The Bertz CT molecular complexity index is 221. The highest BCUT2D eigenvalue weighted by molar-refractivity contribution is 7.81. The summed E-state index contributed by atoms with van der Waals surface area (Å²) in [7, 11) is 0. The van der Waals surface area contributed by atoms with Crippen LogP contribution in [0.2, 0.25) is 0 Å². The molecule has 1 amide bonds. The minimum Gasteiger partial charge on any atom is -0.349 e. The fraction of sp³-hybridized carbons (Fsp3) is 0.800. The van der Waals surface area contributed by atoms with Gasteiger partial charge in [0.25, 0.3) is 0 Å². The van der Waals surface area contributed by atoms with E-state index in [0.717, 1.165) is 0 Å². The molecule has 0 bridgehead atoms. The summed E-state index contributed by atoms with van der Waals surface area (Å²) < 4.78 is 20.2. The SMILES string of the molecule is CC(=O)NC1COP(=O)(Cl)OC1. The zero-order chi connectivity index (χ0) is 9.19. The molecule has 1 rings (SSSR count). The molecule has 0 unspecified atom stereocenters. The fourth-order valence-electron chi connectivity index (χ4n) is 0.814. The maximum Gasteiger partial charge on any atom is 0.424 e. The molecule has 0 spiro atoms. The highest BCUT2D eigenvalue weighted by Crippen LogP contribution is 2.55. The van der Waals surface area contributed by atoms with Gasteiger partial charge in [-0.05, 0) is 0 Å². The first-order chi connectivity index (χ1) is 5.49. The minimum absolute atomic E-state index is 0.125. The van der Waals surface area contributed by atoms with E-state index in [2.05, 4.69) is 14.4 Å². The summed E-state index contributed by atoms with van der Waals surface area (Å²) in [6.07, 6.45) is 0. The van der Waals surface area contributed by atoms with Crippen molar-refractivity contribution < 1.29 is 18.4 Å². The van der Waals surface area contributed by atoms with Gasteiger partial charge in [0.1, 0.15) is 0 Å². The van der Waals surface area contributed by atoms with Crippen molar-refractivity contribution in [2.75, 3.05) is 13.2 Å². The second kappa shape index (κ2) is 3.75. The molecule has 0 aromatic rings. The number of carbonyl (C=O) groups is 1. The molecule has 1 N–H and O–H groups in total. The van der Waals surface area contributed by atoms with E-state index < -0.39 is 6.95 Å². The molecule has 0 atom stereocenters.